The van der Waals surface area contributed by atoms with Gasteiger partial charge in [-0.25, -0.2) is 8.42 Å². The van der Waals surface area contributed by atoms with E-state index < -0.39 is 39.2 Å². The third kappa shape index (κ3) is 6.43. The average molecular weight is 552 g/mol. The predicted octanol–water partition coefficient (Wildman–Crippen LogP) is 6.50. The molecule has 180 valence electrons. The van der Waals surface area contributed by atoms with Crippen LogP contribution in [0.5, 0.6) is 0 Å². The molecule has 0 unspecified atom stereocenters. The van der Waals surface area contributed by atoms with Crippen molar-refractivity contribution >= 4 is 56.4 Å². The van der Waals surface area contributed by atoms with Gasteiger partial charge < -0.3 is 5.32 Å². The Morgan fingerprint density at radius 2 is 1.56 bits per heavy atom. The molecule has 0 spiro atoms. The van der Waals surface area contributed by atoms with Gasteiger partial charge in [0.1, 0.15) is 0 Å². The van der Waals surface area contributed by atoms with E-state index in [1.165, 1.54) is 30.3 Å². The lowest BCUT2D eigenvalue weighted by Gasteiger charge is -2.22. The van der Waals surface area contributed by atoms with Gasteiger partial charge in [-0.3, -0.25) is 4.79 Å². The third-order valence-corrected chi connectivity index (χ3v) is 7.39. The fourth-order valence-corrected chi connectivity index (χ4v) is 4.90. The molecule has 0 radical (unpaired) electrons. The Labute approximate surface area is 209 Å². The number of alkyl halides is 3. The SMILES string of the molecule is O=C(CN(Cc1ccccc1Cl)S(=O)(=O)c1ccc(Cl)cc1)Nc1ccc(Cl)c(C(F)(F)F)c1. The van der Waals surface area contributed by atoms with E-state index in [2.05, 4.69) is 5.32 Å². The van der Waals surface area contributed by atoms with Crippen molar-refractivity contribution in [3.63, 3.8) is 0 Å². The summed E-state index contributed by atoms with van der Waals surface area (Å²) >= 11 is 17.6. The topological polar surface area (TPSA) is 66.5 Å². The third-order valence-electron chi connectivity index (χ3n) is 4.63. The number of amides is 1. The molecular formula is C22H16Cl3F3N2O3S. The fraction of sp³-hybridized carbons (Fsp3) is 0.136. The molecule has 12 heteroatoms. The number of carbonyl (C=O) groups is 1. The molecule has 34 heavy (non-hydrogen) atoms. The highest BCUT2D eigenvalue weighted by molar-refractivity contribution is 7.89. The zero-order valence-corrected chi connectivity index (χ0v) is 20.2. The molecule has 0 fully saturated rings. The molecule has 1 N–H and O–H groups in total. The van der Waals surface area contributed by atoms with Crippen LogP contribution >= 0.6 is 34.8 Å². The lowest BCUT2D eigenvalue weighted by Crippen LogP contribution is -2.37. The van der Waals surface area contributed by atoms with Crippen molar-refractivity contribution in [1.29, 1.82) is 0 Å². The minimum atomic E-state index is -4.73. The fourth-order valence-electron chi connectivity index (χ4n) is 2.98. The van der Waals surface area contributed by atoms with Gasteiger partial charge >= 0.3 is 6.18 Å². The van der Waals surface area contributed by atoms with Crippen LogP contribution in [-0.2, 0) is 27.5 Å². The summed E-state index contributed by atoms with van der Waals surface area (Å²) in [6, 6.07) is 14.7. The van der Waals surface area contributed by atoms with Crippen molar-refractivity contribution in [3.8, 4) is 0 Å². The molecule has 0 aliphatic carbocycles. The summed E-state index contributed by atoms with van der Waals surface area (Å²) in [6.45, 7) is -0.952. The van der Waals surface area contributed by atoms with Crippen molar-refractivity contribution in [2.45, 2.75) is 17.6 Å². The van der Waals surface area contributed by atoms with Crippen LogP contribution in [0.2, 0.25) is 15.1 Å². The van der Waals surface area contributed by atoms with E-state index in [0.29, 0.717) is 16.7 Å². The Balaban J connectivity index is 1.90. The van der Waals surface area contributed by atoms with Crippen LogP contribution in [0.4, 0.5) is 18.9 Å². The Kier molecular flexibility index (Phi) is 8.15. The molecule has 0 saturated carbocycles. The van der Waals surface area contributed by atoms with E-state index in [1.807, 2.05) is 0 Å². The van der Waals surface area contributed by atoms with Crippen LogP contribution in [0.1, 0.15) is 11.1 Å². The molecule has 0 saturated heterocycles. The Hall–Kier alpha value is -2.30. The molecule has 3 aromatic rings. The summed E-state index contributed by atoms with van der Waals surface area (Å²) in [6.07, 6.45) is -4.73. The van der Waals surface area contributed by atoms with Crippen LogP contribution in [0.25, 0.3) is 0 Å². The highest BCUT2D eigenvalue weighted by Crippen LogP contribution is 2.36. The first kappa shape index (κ1) is 26.3. The number of hydrogen-bond acceptors (Lipinski definition) is 3. The van der Waals surface area contributed by atoms with Gasteiger partial charge in [-0.15, -0.1) is 0 Å². The quantitative estimate of drug-likeness (QED) is 0.365. The number of anilines is 1. The molecule has 5 nitrogen and oxygen atoms in total. The first-order valence-electron chi connectivity index (χ1n) is 9.53. The number of nitrogens with zero attached hydrogens (tertiary/aromatic N) is 1. The van der Waals surface area contributed by atoms with Crippen molar-refractivity contribution in [2.24, 2.45) is 0 Å². The minimum absolute atomic E-state index is 0.123. The van der Waals surface area contributed by atoms with E-state index >= 15 is 0 Å². The number of nitrogens with one attached hydrogen (secondary N) is 1. The maximum absolute atomic E-state index is 13.3. The number of rotatable bonds is 7. The molecule has 0 aliphatic rings. The zero-order chi connectivity index (χ0) is 25.1. The number of benzene rings is 3. The van der Waals surface area contributed by atoms with Gasteiger partial charge in [0.25, 0.3) is 0 Å². The van der Waals surface area contributed by atoms with Gasteiger partial charge in [0.05, 0.1) is 22.0 Å². The van der Waals surface area contributed by atoms with Crippen LogP contribution in [0, 0.1) is 0 Å². The van der Waals surface area contributed by atoms with Gasteiger partial charge in [0.15, 0.2) is 0 Å². The second-order valence-corrected chi connectivity index (χ2v) is 10.2. The molecule has 0 aromatic heterocycles. The Morgan fingerprint density at radius 1 is 0.912 bits per heavy atom. The van der Waals surface area contributed by atoms with Crippen molar-refractivity contribution in [2.75, 3.05) is 11.9 Å². The van der Waals surface area contributed by atoms with Crippen LogP contribution < -0.4 is 5.32 Å². The molecule has 1 amide bonds. The zero-order valence-electron chi connectivity index (χ0n) is 17.1. The van der Waals surface area contributed by atoms with Gasteiger partial charge in [0.2, 0.25) is 15.9 Å². The number of halogens is 6. The summed E-state index contributed by atoms with van der Waals surface area (Å²) < 4.78 is 66.8. The molecule has 3 aromatic carbocycles. The van der Waals surface area contributed by atoms with Gasteiger partial charge in [0, 0.05) is 22.3 Å². The lowest BCUT2D eigenvalue weighted by atomic mass is 10.2. The average Bonchev–Trinajstić information content (AvgIpc) is 2.75. The van der Waals surface area contributed by atoms with E-state index in [9.17, 15) is 26.4 Å². The van der Waals surface area contributed by atoms with Crippen LogP contribution in [0.15, 0.2) is 71.6 Å². The monoisotopic (exact) mass is 550 g/mol. The lowest BCUT2D eigenvalue weighted by molar-refractivity contribution is -0.137. The first-order chi connectivity index (χ1) is 15.9. The summed E-state index contributed by atoms with van der Waals surface area (Å²) in [4.78, 5) is 12.6. The van der Waals surface area contributed by atoms with Gasteiger partial charge in [-0.2, -0.15) is 17.5 Å². The maximum Gasteiger partial charge on any atom is 0.417 e. The highest BCUT2D eigenvalue weighted by atomic mass is 35.5. The molecule has 3 rings (SSSR count). The Morgan fingerprint density at radius 3 is 2.18 bits per heavy atom. The number of hydrogen-bond donors (Lipinski definition) is 1. The highest BCUT2D eigenvalue weighted by Gasteiger charge is 2.34. The van der Waals surface area contributed by atoms with Gasteiger partial charge in [-0.05, 0) is 54.1 Å². The van der Waals surface area contributed by atoms with Crippen LogP contribution in [0.3, 0.4) is 0 Å². The van der Waals surface area contributed by atoms with Crippen molar-refractivity contribution in [3.05, 3.63) is 92.9 Å². The van der Waals surface area contributed by atoms with Crippen LogP contribution in [-0.4, -0.2) is 25.2 Å². The van der Waals surface area contributed by atoms with E-state index in [1.54, 1.807) is 24.3 Å². The molecule has 0 heterocycles. The van der Waals surface area contributed by atoms with E-state index in [0.717, 1.165) is 10.4 Å². The summed E-state index contributed by atoms with van der Waals surface area (Å²) in [5.41, 5.74) is -0.891. The summed E-state index contributed by atoms with van der Waals surface area (Å²) in [5.74, 6) is -0.861. The second kappa shape index (κ2) is 10.5. The smallest absolute Gasteiger partial charge is 0.325 e. The summed E-state index contributed by atoms with van der Waals surface area (Å²) in [7, 11) is -4.20. The second-order valence-electron chi connectivity index (χ2n) is 7.06. The maximum atomic E-state index is 13.3. The molecule has 0 atom stereocenters. The normalized spacial score (nSPS) is 12.1. The molecular weight excluding hydrogens is 536 g/mol. The standard InChI is InChI=1S/C22H16Cl3F3N2O3S/c23-15-5-8-17(9-6-15)34(32,33)30(12-14-3-1-2-4-19(14)24)13-21(31)29-16-7-10-20(25)18(11-16)22(26,27)28/h1-11H,12-13H2,(H,29,31). The first-order valence-corrected chi connectivity index (χ1v) is 12.1. The molecule has 0 aliphatic heterocycles. The van der Waals surface area contributed by atoms with Crippen molar-refractivity contribution < 1.29 is 26.4 Å². The number of carbonyl (C=O) groups excluding carboxylic acids is 1. The van der Waals surface area contributed by atoms with Crippen molar-refractivity contribution in [1.82, 2.24) is 4.31 Å². The molecule has 0 bridgehead atoms. The summed E-state index contributed by atoms with van der Waals surface area (Å²) in [5, 5.41) is 2.36. The van der Waals surface area contributed by atoms with E-state index in [-0.39, 0.29) is 22.2 Å². The minimum Gasteiger partial charge on any atom is -0.325 e. The van der Waals surface area contributed by atoms with E-state index in [4.69, 9.17) is 34.8 Å². The number of sulfonamides is 1. The largest absolute Gasteiger partial charge is 0.417 e. The predicted molar refractivity (Wildman–Crippen MR) is 126 cm³/mol. The Bertz CT molecular complexity index is 1300. The van der Waals surface area contributed by atoms with Gasteiger partial charge in [-0.1, -0.05) is 53.0 Å².